The normalized spacial score (nSPS) is 13.6. The Hall–Kier alpha value is -4.53. The highest BCUT2D eigenvalue weighted by atomic mass is 16.2. The number of nitrogens with one attached hydrogen (secondary N) is 1. The molecule has 36 heavy (non-hydrogen) atoms. The van der Waals surface area contributed by atoms with Crippen molar-refractivity contribution in [1.29, 1.82) is 0 Å². The van der Waals surface area contributed by atoms with Crippen LogP contribution in [0, 0.1) is 0 Å². The number of rotatable bonds is 5. The summed E-state index contributed by atoms with van der Waals surface area (Å²) >= 11 is 0. The number of amides is 2. The second-order valence-electron chi connectivity index (χ2n) is 8.93. The average molecular weight is 483 g/mol. The molecule has 0 aliphatic carbocycles. The van der Waals surface area contributed by atoms with Gasteiger partial charge in [0.1, 0.15) is 12.0 Å². The van der Waals surface area contributed by atoms with Crippen LogP contribution in [0.4, 0.5) is 0 Å². The van der Waals surface area contributed by atoms with Crippen LogP contribution in [0.2, 0.25) is 0 Å². The topological polar surface area (TPSA) is 102 Å². The van der Waals surface area contributed by atoms with Crippen molar-refractivity contribution in [3.05, 3.63) is 78.1 Å². The van der Waals surface area contributed by atoms with Crippen LogP contribution in [0.3, 0.4) is 0 Å². The van der Waals surface area contributed by atoms with Gasteiger partial charge in [-0.15, -0.1) is 0 Å². The Kier molecular flexibility index (Phi) is 5.97. The van der Waals surface area contributed by atoms with Crippen molar-refractivity contribution < 1.29 is 9.59 Å². The van der Waals surface area contributed by atoms with Crippen molar-refractivity contribution in [3.8, 4) is 11.1 Å². The third-order valence-electron chi connectivity index (χ3n) is 6.44. The van der Waals surface area contributed by atoms with E-state index in [1.165, 1.54) is 6.33 Å². The van der Waals surface area contributed by atoms with Crippen LogP contribution in [0.1, 0.15) is 19.3 Å². The fourth-order valence-electron chi connectivity index (χ4n) is 4.55. The maximum atomic E-state index is 13.3. The third-order valence-corrected chi connectivity index (χ3v) is 6.44. The molecule has 2 aromatic carbocycles. The maximum absolute atomic E-state index is 13.3. The Balaban J connectivity index is 1.42. The lowest BCUT2D eigenvalue weighted by atomic mass is 10.0. The number of aryl methyl sites for hydroxylation is 1. The van der Waals surface area contributed by atoms with E-state index in [0.29, 0.717) is 24.0 Å². The Bertz CT molecular complexity index is 1610. The van der Waals surface area contributed by atoms with Crippen LogP contribution in [0.25, 0.3) is 38.6 Å². The fraction of sp³-hybridized carbons (Fsp3) is 0.222. The zero-order chi connectivity index (χ0) is 25.4. The molecule has 1 saturated heterocycles. The van der Waals surface area contributed by atoms with Crippen molar-refractivity contribution in [1.82, 2.24) is 29.5 Å². The van der Waals surface area contributed by atoms with Gasteiger partial charge in [-0.05, 0) is 43.0 Å². The highest BCUT2D eigenvalue weighted by molar-refractivity contribution is 6.15. The first kappa shape index (κ1) is 23.2. The van der Waals surface area contributed by atoms with Gasteiger partial charge in [0.25, 0.3) is 17.4 Å². The van der Waals surface area contributed by atoms with Crippen LogP contribution >= 0.6 is 0 Å². The van der Waals surface area contributed by atoms with Gasteiger partial charge in [-0.3, -0.25) is 23.6 Å². The van der Waals surface area contributed by atoms with E-state index >= 15 is 0 Å². The monoisotopic (exact) mass is 482 g/mol. The largest absolute Gasteiger partial charge is 0.337 e. The second kappa shape index (κ2) is 9.26. The zero-order valence-electron chi connectivity index (χ0n) is 20.0. The fourth-order valence-corrected chi connectivity index (χ4v) is 4.55. The number of carbonyl (C=O) groups is 2. The van der Waals surface area contributed by atoms with Gasteiger partial charge in [0.15, 0.2) is 0 Å². The Labute approximate surface area is 207 Å². The number of benzene rings is 2. The molecule has 5 rings (SSSR count). The zero-order valence-corrected chi connectivity index (χ0v) is 20.0. The lowest BCUT2D eigenvalue weighted by Gasteiger charge is -2.27. The van der Waals surface area contributed by atoms with Gasteiger partial charge in [0, 0.05) is 37.3 Å². The van der Waals surface area contributed by atoms with E-state index < -0.39 is 11.5 Å². The van der Waals surface area contributed by atoms with Crippen molar-refractivity contribution >= 4 is 39.3 Å². The van der Waals surface area contributed by atoms with Crippen molar-refractivity contribution in [3.63, 3.8) is 0 Å². The Morgan fingerprint density at radius 1 is 1.06 bits per heavy atom. The first-order valence-electron chi connectivity index (χ1n) is 11.8. The summed E-state index contributed by atoms with van der Waals surface area (Å²) in [6, 6.07) is 11.2. The molecule has 3 heterocycles. The molecule has 1 aliphatic rings. The number of nitrogens with zero attached hydrogens (tertiary/aromatic N) is 5. The SMILES string of the molecule is C=C(NC(=O)C(=C)n1cnc2c(-c3ccc4nn(C)cc4c3)cccc2c1=O)C(=O)N1CCCCC1. The summed E-state index contributed by atoms with van der Waals surface area (Å²) in [5, 5.41) is 8.21. The van der Waals surface area contributed by atoms with Crippen LogP contribution < -0.4 is 10.9 Å². The molecule has 2 aromatic heterocycles. The molecule has 9 nitrogen and oxygen atoms in total. The minimum absolute atomic E-state index is 0.0436. The number of aromatic nitrogens is 4. The number of hydrogen-bond acceptors (Lipinski definition) is 5. The van der Waals surface area contributed by atoms with Gasteiger partial charge in [-0.25, -0.2) is 4.98 Å². The molecule has 2 amide bonds. The van der Waals surface area contributed by atoms with E-state index in [1.807, 2.05) is 37.5 Å². The first-order valence-corrected chi connectivity index (χ1v) is 11.8. The Morgan fingerprint density at radius 2 is 1.83 bits per heavy atom. The van der Waals surface area contributed by atoms with Gasteiger partial charge < -0.3 is 10.2 Å². The van der Waals surface area contributed by atoms with Gasteiger partial charge >= 0.3 is 0 Å². The quantitative estimate of drug-likeness (QED) is 0.441. The summed E-state index contributed by atoms with van der Waals surface area (Å²) in [6.45, 7) is 8.76. The Morgan fingerprint density at radius 3 is 2.61 bits per heavy atom. The van der Waals surface area contributed by atoms with Crippen molar-refractivity contribution in [2.45, 2.75) is 19.3 Å². The molecule has 0 bridgehead atoms. The molecule has 0 saturated carbocycles. The summed E-state index contributed by atoms with van der Waals surface area (Å²) < 4.78 is 2.84. The summed E-state index contributed by atoms with van der Waals surface area (Å²) in [5.41, 5.74) is 2.45. The van der Waals surface area contributed by atoms with Crippen molar-refractivity contribution in [2.75, 3.05) is 13.1 Å². The number of hydrogen-bond donors (Lipinski definition) is 1. The summed E-state index contributed by atoms with van der Waals surface area (Å²) in [4.78, 5) is 44.9. The minimum Gasteiger partial charge on any atom is -0.337 e. The molecule has 0 atom stereocenters. The van der Waals surface area contributed by atoms with Gasteiger partial charge in [0.2, 0.25) is 0 Å². The number of fused-ring (bicyclic) bond motifs is 2. The van der Waals surface area contributed by atoms with E-state index in [4.69, 9.17) is 0 Å². The lowest BCUT2D eigenvalue weighted by molar-refractivity contribution is -0.129. The predicted molar refractivity (Wildman–Crippen MR) is 139 cm³/mol. The smallest absolute Gasteiger partial charge is 0.272 e. The molecule has 0 radical (unpaired) electrons. The van der Waals surface area contributed by atoms with E-state index in [1.54, 1.807) is 21.7 Å². The molecule has 4 aromatic rings. The summed E-state index contributed by atoms with van der Waals surface area (Å²) in [7, 11) is 1.86. The highest BCUT2D eigenvalue weighted by Gasteiger charge is 2.22. The average Bonchev–Trinajstić information content (AvgIpc) is 3.27. The van der Waals surface area contributed by atoms with Gasteiger partial charge in [-0.2, -0.15) is 5.10 Å². The molecule has 182 valence electrons. The van der Waals surface area contributed by atoms with E-state index in [0.717, 1.165) is 45.9 Å². The molecule has 1 aliphatic heterocycles. The highest BCUT2D eigenvalue weighted by Crippen LogP contribution is 2.28. The maximum Gasteiger partial charge on any atom is 0.272 e. The lowest BCUT2D eigenvalue weighted by Crippen LogP contribution is -2.41. The predicted octanol–water partition coefficient (Wildman–Crippen LogP) is 3.06. The van der Waals surface area contributed by atoms with Gasteiger partial charge in [0.05, 0.1) is 22.1 Å². The van der Waals surface area contributed by atoms with E-state index in [9.17, 15) is 14.4 Å². The number of piperidine rings is 1. The number of carbonyl (C=O) groups excluding carboxylic acids is 2. The molecule has 9 heteroatoms. The van der Waals surface area contributed by atoms with Gasteiger partial charge in [-0.1, -0.05) is 31.4 Å². The number of para-hydroxylation sites is 1. The molecular formula is C27H26N6O3. The summed E-state index contributed by atoms with van der Waals surface area (Å²) in [6.07, 6.45) is 6.15. The van der Waals surface area contributed by atoms with E-state index in [-0.39, 0.29) is 17.3 Å². The molecule has 1 N–H and O–H groups in total. The second-order valence-corrected chi connectivity index (χ2v) is 8.93. The molecule has 0 spiro atoms. The first-order chi connectivity index (χ1) is 17.3. The van der Waals surface area contributed by atoms with Crippen LogP contribution in [-0.2, 0) is 16.6 Å². The van der Waals surface area contributed by atoms with E-state index in [2.05, 4.69) is 28.6 Å². The standard InChI is InChI=1S/C27H26N6O3/c1-17(26(35)32-12-5-4-6-13-32)29-25(34)18(2)33-16-28-24-21(8-7-9-22(24)27(33)36)19-10-11-23-20(14-19)15-31(3)30-23/h7-11,14-16H,1-2,4-6,12-13H2,3H3,(H,29,34). The van der Waals surface area contributed by atoms with Crippen molar-refractivity contribution in [2.24, 2.45) is 7.05 Å². The van der Waals surface area contributed by atoms with Crippen LogP contribution in [0.15, 0.2) is 72.6 Å². The molecular weight excluding hydrogens is 456 g/mol. The molecule has 0 unspecified atom stereocenters. The summed E-state index contributed by atoms with van der Waals surface area (Å²) in [5.74, 6) is -1.01. The number of likely N-dealkylation sites (tertiary alicyclic amines) is 1. The third kappa shape index (κ3) is 4.19. The van der Waals surface area contributed by atoms with Crippen LogP contribution in [-0.4, -0.2) is 49.1 Å². The minimum atomic E-state index is -0.688. The van der Waals surface area contributed by atoms with Crippen LogP contribution in [0.5, 0.6) is 0 Å². The molecule has 1 fully saturated rings.